The molecule has 13 heavy (non-hydrogen) atoms. The second-order valence-electron chi connectivity index (χ2n) is 4.49. The van der Waals surface area contributed by atoms with Gasteiger partial charge in [0.1, 0.15) is 0 Å². The van der Waals surface area contributed by atoms with E-state index >= 15 is 0 Å². The molecular formula is C10H19NO2. The molecule has 1 aliphatic rings. The van der Waals surface area contributed by atoms with E-state index in [1.165, 1.54) is 12.8 Å². The van der Waals surface area contributed by atoms with Crippen LogP contribution in [0.15, 0.2) is 0 Å². The maximum atomic E-state index is 10.8. The van der Waals surface area contributed by atoms with Crippen molar-refractivity contribution < 1.29 is 9.90 Å². The van der Waals surface area contributed by atoms with Crippen molar-refractivity contribution in [2.24, 2.45) is 17.1 Å². The van der Waals surface area contributed by atoms with Crippen molar-refractivity contribution in [3.05, 3.63) is 0 Å². The van der Waals surface area contributed by atoms with Crippen LogP contribution in [0.3, 0.4) is 0 Å². The van der Waals surface area contributed by atoms with E-state index < -0.39 is 5.97 Å². The molecule has 3 nitrogen and oxygen atoms in total. The van der Waals surface area contributed by atoms with Gasteiger partial charge in [-0.1, -0.05) is 19.8 Å². The summed E-state index contributed by atoms with van der Waals surface area (Å²) in [4.78, 5) is 10.8. The lowest BCUT2D eigenvalue weighted by Gasteiger charge is -2.26. The van der Waals surface area contributed by atoms with Crippen molar-refractivity contribution in [2.45, 2.75) is 39.0 Å². The molecule has 0 aromatic carbocycles. The van der Waals surface area contributed by atoms with Gasteiger partial charge in [0.2, 0.25) is 0 Å². The molecule has 76 valence electrons. The average molecular weight is 185 g/mol. The van der Waals surface area contributed by atoms with Gasteiger partial charge < -0.3 is 10.8 Å². The molecular weight excluding hydrogens is 166 g/mol. The Morgan fingerprint density at radius 1 is 1.54 bits per heavy atom. The Morgan fingerprint density at radius 3 is 2.46 bits per heavy atom. The molecule has 3 heteroatoms. The van der Waals surface area contributed by atoms with Gasteiger partial charge in [-0.3, -0.25) is 4.79 Å². The molecule has 1 rings (SSSR count). The molecule has 1 saturated carbocycles. The van der Waals surface area contributed by atoms with Gasteiger partial charge in [0.15, 0.2) is 0 Å². The minimum atomic E-state index is -0.740. The summed E-state index contributed by atoms with van der Waals surface area (Å²) in [6.45, 7) is 2.45. The maximum Gasteiger partial charge on any atom is 0.307 e. The average Bonchev–Trinajstić information content (AvgIpc) is 2.48. The topological polar surface area (TPSA) is 63.3 Å². The third kappa shape index (κ3) is 2.69. The Hall–Kier alpha value is -0.570. The molecule has 0 spiro atoms. The number of rotatable bonds is 4. The number of carbonyl (C=O) groups is 1. The first-order chi connectivity index (χ1) is 6.07. The molecule has 1 fully saturated rings. The van der Waals surface area contributed by atoms with E-state index in [0.29, 0.717) is 0 Å². The molecule has 3 N–H and O–H groups in total. The third-order valence-electron chi connectivity index (χ3n) is 3.18. The summed E-state index contributed by atoms with van der Waals surface area (Å²) in [6, 6.07) is 0. The van der Waals surface area contributed by atoms with E-state index in [0.717, 1.165) is 19.3 Å². The van der Waals surface area contributed by atoms with Gasteiger partial charge in [-0.2, -0.15) is 0 Å². The van der Waals surface area contributed by atoms with E-state index in [-0.39, 0.29) is 17.9 Å². The number of hydrogen-bond acceptors (Lipinski definition) is 2. The zero-order valence-electron chi connectivity index (χ0n) is 8.25. The lowest BCUT2D eigenvalue weighted by atomic mass is 9.79. The van der Waals surface area contributed by atoms with Crippen molar-refractivity contribution in [3.63, 3.8) is 0 Å². The van der Waals surface area contributed by atoms with E-state index in [1.54, 1.807) is 0 Å². The fourth-order valence-corrected chi connectivity index (χ4v) is 2.30. The van der Waals surface area contributed by atoms with Gasteiger partial charge in [-0.25, -0.2) is 0 Å². The number of carboxylic acid groups (broad SMARTS) is 1. The van der Waals surface area contributed by atoms with Crippen LogP contribution in [0.25, 0.3) is 0 Å². The highest BCUT2D eigenvalue weighted by Crippen LogP contribution is 2.42. The van der Waals surface area contributed by atoms with Crippen molar-refractivity contribution in [1.29, 1.82) is 0 Å². The second kappa shape index (κ2) is 4.09. The lowest BCUT2D eigenvalue weighted by molar-refractivity contribution is -0.142. The van der Waals surface area contributed by atoms with E-state index in [1.807, 2.05) is 0 Å². The molecule has 0 bridgehead atoms. The molecule has 0 aromatic rings. The van der Waals surface area contributed by atoms with Crippen LogP contribution in [0.1, 0.15) is 39.0 Å². The summed E-state index contributed by atoms with van der Waals surface area (Å²) in [5, 5.41) is 8.87. The molecule has 1 unspecified atom stereocenters. The molecule has 1 atom stereocenters. The zero-order valence-corrected chi connectivity index (χ0v) is 8.25. The Morgan fingerprint density at radius 2 is 2.08 bits per heavy atom. The highest BCUT2D eigenvalue weighted by Gasteiger charge is 2.33. The molecule has 0 aliphatic heterocycles. The summed E-state index contributed by atoms with van der Waals surface area (Å²) in [5.41, 5.74) is 5.67. The fourth-order valence-electron chi connectivity index (χ4n) is 2.30. The van der Waals surface area contributed by atoms with Gasteiger partial charge in [0, 0.05) is 6.54 Å². The van der Waals surface area contributed by atoms with Crippen LogP contribution in [0.5, 0.6) is 0 Å². The molecule has 0 radical (unpaired) electrons. The molecule has 0 heterocycles. The first-order valence-corrected chi connectivity index (χ1v) is 5.00. The van der Waals surface area contributed by atoms with Crippen LogP contribution in [-0.2, 0) is 4.79 Å². The maximum absolute atomic E-state index is 10.8. The summed E-state index contributed by atoms with van der Waals surface area (Å²) in [5.74, 6) is -1.08. The first kappa shape index (κ1) is 10.5. The third-order valence-corrected chi connectivity index (χ3v) is 3.18. The number of nitrogens with two attached hydrogens (primary N) is 1. The minimum absolute atomic E-state index is 0.239. The van der Waals surface area contributed by atoms with E-state index in [2.05, 4.69) is 6.92 Å². The monoisotopic (exact) mass is 185 g/mol. The van der Waals surface area contributed by atoms with Gasteiger partial charge in [-0.15, -0.1) is 0 Å². The summed E-state index contributed by atoms with van der Waals surface area (Å²) >= 11 is 0. The predicted octanol–water partition coefficient (Wildman–Crippen LogP) is 1.62. The summed E-state index contributed by atoms with van der Waals surface area (Å²) in [7, 11) is 0. The summed E-state index contributed by atoms with van der Waals surface area (Å²) < 4.78 is 0. The van der Waals surface area contributed by atoms with Gasteiger partial charge in [0.25, 0.3) is 0 Å². The van der Waals surface area contributed by atoms with Crippen LogP contribution in [0.4, 0.5) is 0 Å². The molecule has 1 aliphatic carbocycles. The van der Waals surface area contributed by atoms with Gasteiger partial charge in [-0.05, 0) is 24.7 Å². The SMILES string of the molecule is CC1(CC(CN)C(=O)O)CCCC1. The molecule has 0 saturated heterocycles. The zero-order chi connectivity index (χ0) is 9.90. The first-order valence-electron chi connectivity index (χ1n) is 5.00. The quantitative estimate of drug-likeness (QED) is 0.699. The predicted molar refractivity (Wildman–Crippen MR) is 51.4 cm³/mol. The van der Waals surface area contributed by atoms with Crippen molar-refractivity contribution >= 4 is 5.97 Å². The highest BCUT2D eigenvalue weighted by molar-refractivity contribution is 5.70. The van der Waals surface area contributed by atoms with E-state index in [9.17, 15) is 4.79 Å². The van der Waals surface area contributed by atoms with Gasteiger partial charge >= 0.3 is 5.97 Å². The normalized spacial score (nSPS) is 22.9. The fraction of sp³-hybridized carbons (Fsp3) is 0.900. The van der Waals surface area contributed by atoms with Crippen LogP contribution in [0, 0.1) is 11.3 Å². The lowest BCUT2D eigenvalue weighted by Crippen LogP contribution is -2.29. The Labute approximate surface area is 79.3 Å². The Bertz CT molecular complexity index is 185. The van der Waals surface area contributed by atoms with Crippen molar-refractivity contribution in [2.75, 3.05) is 6.54 Å². The highest BCUT2D eigenvalue weighted by atomic mass is 16.4. The largest absolute Gasteiger partial charge is 0.481 e. The van der Waals surface area contributed by atoms with Crippen LogP contribution >= 0.6 is 0 Å². The van der Waals surface area contributed by atoms with Crippen LogP contribution in [-0.4, -0.2) is 17.6 Å². The summed E-state index contributed by atoms with van der Waals surface area (Å²) in [6.07, 6.45) is 5.56. The minimum Gasteiger partial charge on any atom is -0.481 e. The molecule has 0 amide bonds. The van der Waals surface area contributed by atoms with Crippen LogP contribution in [0.2, 0.25) is 0 Å². The Kier molecular flexibility index (Phi) is 3.31. The van der Waals surface area contributed by atoms with Crippen molar-refractivity contribution in [3.8, 4) is 0 Å². The number of aliphatic carboxylic acids is 1. The molecule has 0 aromatic heterocycles. The second-order valence-corrected chi connectivity index (χ2v) is 4.49. The number of carboxylic acids is 1. The Balaban J connectivity index is 2.49. The van der Waals surface area contributed by atoms with Crippen LogP contribution < -0.4 is 5.73 Å². The van der Waals surface area contributed by atoms with E-state index in [4.69, 9.17) is 10.8 Å². The smallest absolute Gasteiger partial charge is 0.307 e. The van der Waals surface area contributed by atoms with Crippen molar-refractivity contribution in [1.82, 2.24) is 0 Å². The van der Waals surface area contributed by atoms with Gasteiger partial charge in [0.05, 0.1) is 5.92 Å². The number of hydrogen-bond donors (Lipinski definition) is 2. The standard InChI is InChI=1S/C10H19NO2/c1-10(4-2-3-5-10)6-8(7-11)9(12)13/h8H,2-7,11H2,1H3,(H,12,13).